The highest BCUT2D eigenvalue weighted by Gasteiger charge is 2.43. The van der Waals surface area contributed by atoms with Gasteiger partial charge in [-0.25, -0.2) is 0 Å². The molecule has 0 spiro atoms. The Balaban J connectivity index is 0.00000164. The molecule has 0 amide bonds. The predicted molar refractivity (Wildman–Crippen MR) is 158 cm³/mol. The van der Waals surface area contributed by atoms with E-state index in [0.29, 0.717) is 11.7 Å². The lowest BCUT2D eigenvalue weighted by Crippen LogP contribution is -2.45. The largest absolute Gasteiger partial charge is 0.504 e. The van der Waals surface area contributed by atoms with Crippen LogP contribution in [0, 0.1) is 24.2 Å². The summed E-state index contributed by atoms with van der Waals surface area (Å²) in [5, 5.41) is 12.0. The Labute approximate surface area is 228 Å². The van der Waals surface area contributed by atoms with Crippen molar-refractivity contribution in [2.45, 2.75) is 52.1 Å². The van der Waals surface area contributed by atoms with Crippen molar-refractivity contribution >= 4 is 23.1 Å². The second-order valence-corrected chi connectivity index (χ2v) is 11.6. The molecule has 1 aromatic heterocycles. The average Bonchev–Trinajstić information content (AvgIpc) is 3.21. The van der Waals surface area contributed by atoms with Crippen molar-refractivity contribution in [3.63, 3.8) is 0 Å². The molecule has 1 aliphatic carbocycles. The van der Waals surface area contributed by atoms with Crippen LogP contribution in [0.15, 0.2) is 30.5 Å². The highest BCUT2D eigenvalue weighted by atomic mass is 16.5. The third kappa shape index (κ3) is 5.42. The number of aryl methyl sites for hydroxylation is 1. The van der Waals surface area contributed by atoms with Gasteiger partial charge in [0.2, 0.25) is 0 Å². The molecule has 202 valence electrons. The van der Waals surface area contributed by atoms with Gasteiger partial charge >= 0.3 is 0 Å². The molecule has 1 unspecified atom stereocenters. The molecule has 0 saturated heterocycles. The van der Waals surface area contributed by atoms with E-state index in [4.69, 9.17) is 9.47 Å². The number of likely N-dealkylation sites (N-methyl/N-ethyl adjacent to an activating group) is 1. The van der Waals surface area contributed by atoms with Crippen molar-refractivity contribution in [3.05, 3.63) is 52.7 Å². The first-order chi connectivity index (χ1) is 18.2. The number of terminal acetylenes is 1. The van der Waals surface area contributed by atoms with E-state index >= 15 is 0 Å². The number of ether oxygens (including phenoxy) is 2. The van der Waals surface area contributed by atoms with E-state index < -0.39 is 0 Å². The molecule has 1 N–H and O–H groups in total. The van der Waals surface area contributed by atoms with E-state index in [1.807, 2.05) is 6.07 Å². The topological polar surface area (TPSA) is 46.9 Å². The Kier molecular flexibility index (Phi) is 8.13. The number of methoxy groups -OCH3 is 1. The van der Waals surface area contributed by atoms with Gasteiger partial charge in [0, 0.05) is 31.1 Å². The molecule has 0 radical (unpaired) electrons. The van der Waals surface area contributed by atoms with Crippen LogP contribution in [-0.2, 0) is 19.9 Å². The van der Waals surface area contributed by atoms with Crippen LogP contribution in [-0.4, -0.2) is 48.4 Å². The summed E-state index contributed by atoms with van der Waals surface area (Å²) in [7, 11) is 8.04. The first kappa shape index (κ1) is 27.7. The Bertz CT molecular complexity index is 1350. The fourth-order valence-electron chi connectivity index (χ4n) is 6.24. The van der Waals surface area contributed by atoms with Gasteiger partial charge in [-0.15, -0.1) is 12.8 Å². The number of hydrogen-bond acceptors (Lipinski definition) is 4. The number of benzene rings is 2. The molecule has 3 aromatic rings. The Morgan fingerprint density at radius 2 is 1.87 bits per heavy atom. The highest BCUT2D eigenvalue weighted by molar-refractivity contribution is 5.93. The van der Waals surface area contributed by atoms with Gasteiger partial charge in [0.25, 0.3) is 0 Å². The first-order valence-electron chi connectivity index (χ1n) is 13.5. The number of nitrogens with zero attached hydrogens (tertiary/aromatic N) is 2. The van der Waals surface area contributed by atoms with E-state index in [0.717, 1.165) is 53.8 Å². The van der Waals surface area contributed by atoms with E-state index in [1.165, 1.54) is 23.8 Å². The lowest BCUT2D eigenvalue weighted by Gasteiger charge is -2.46. The molecular formula is C33H42N2O3. The lowest BCUT2D eigenvalue weighted by molar-refractivity contribution is -0.00709. The van der Waals surface area contributed by atoms with E-state index in [1.54, 1.807) is 7.11 Å². The van der Waals surface area contributed by atoms with Crippen LogP contribution in [0.5, 0.6) is 17.2 Å². The summed E-state index contributed by atoms with van der Waals surface area (Å²) in [5.41, 5.74) is 5.90. The minimum atomic E-state index is 0.209. The number of rotatable bonds is 6. The summed E-state index contributed by atoms with van der Waals surface area (Å²) in [6, 6.07) is 8.32. The number of aromatic nitrogens is 1. The van der Waals surface area contributed by atoms with Crippen LogP contribution in [0.1, 0.15) is 55.4 Å². The first-order valence-corrected chi connectivity index (χ1v) is 13.5. The number of phenols is 1. The number of fused-ring (bicyclic) bond motifs is 3. The number of hydrogen-bond donors (Lipinski definition) is 1. The molecule has 2 aliphatic rings. The summed E-state index contributed by atoms with van der Waals surface area (Å²) in [5.74, 6) is 2.31. The van der Waals surface area contributed by atoms with Crippen LogP contribution in [0.25, 0.3) is 23.1 Å². The van der Waals surface area contributed by atoms with Crippen LogP contribution < -0.4 is 9.47 Å². The van der Waals surface area contributed by atoms with E-state index in [9.17, 15) is 5.11 Å². The summed E-state index contributed by atoms with van der Waals surface area (Å²) in [6.45, 7) is 5.72. The van der Waals surface area contributed by atoms with Gasteiger partial charge in [-0.3, -0.25) is 0 Å². The van der Waals surface area contributed by atoms with Crippen LogP contribution in [0.3, 0.4) is 0 Å². The van der Waals surface area contributed by atoms with Crippen molar-refractivity contribution in [2.75, 3.05) is 27.7 Å². The van der Waals surface area contributed by atoms with Gasteiger partial charge < -0.3 is 24.0 Å². The van der Waals surface area contributed by atoms with Crippen molar-refractivity contribution in [1.29, 1.82) is 0 Å². The zero-order chi connectivity index (χ0) is 27.6. The highest BCUT2D eigenvalue weighted by Crippen LogP contribution is 2.50. The molecule has 2 aromatic carbocycles. The molecule has 1 aliphatic heterocycles. The third-order valence-corrected chi connectivity index (χ3v) is 8.31. The SMILES string of the molecule is C#C.COc1cc(/C=C/c2cc(O)c3c(c2)C[C@H]2C(CCCC2(C)C)O3)cc2c1c(CCN(C)C)cn2C. The molecule has 38 heavy (non-hydrogen) atoms. The predicted octanol–water partition coefficient (Wildman–Crippen LogP) is 6.55. The summed E-state index contributed by atoms with van der Waals surface area (Å²) in [6.07, 6.45) is 20.0. The Morgan fingerprint density at radius 1 is 1.16 bits per heavy atom. The zero-order valence-electron chi connectivity index (χ0n) is 23.8. The monoisotopic (exact) mass is 514 g/mol. The summed E-state index contributed by atoms with van der Waals surface area (Å²) < 4.78 is 14.4. The van der Waals surface area contributed by atoms with Crippen molar-refractivity contribution in [1.82, 2.24) is 9.47 Å². The van der Waals surface area contributed by atoms with Crippen molar-refractivity contribution < 1.29 is 14.6 Å². The maximum Gasteiger partial charge on any atom is 0.164 e. The summed E-state index contributed by atoms with van der Waals surface area (Å²) in [4.78, 5) is 2.21. The van der Waals surface area contributed by atoms with Crippen molar-refractivity contribution in [3.8, 4) is 30.1 Å². The van der Waals surface area contributed by atoms with Gasteiger partial charge in [0.1, 0.15) is 11.9 Å². The van der Waals surface area contributed by atoms with Gasteiger partial charge in [-0.05, 0) is 98.1 Å². The molecular weight excluding hydrogens is 472 g/mol. The fraction of sp³-hybridized carbons (Fsp3) is 0.455. The minimum absolute atomic E-state index is 0.209. The molecule has 2 heterocycles. The molecule has 1 fully saturated rings. The Hall–Kier alpha value is -3.36. The molecule has 5 rings (SSSR count). The molecule has 1 saturated carbocycles. The maximum absolute atomic E-state index is 10.8. The average molecular weight is 515 g/mol. The summed E-state index contributed by atoms with van der Waals surface area (Å²) >= 11 is 0. The van der Waals surface area contributed by atoms with Crippen LogP contribution in [0.2, 0.25) is 0 Å². The normalized spacial score (nSPS) is 19.9. The van der Waals surface area contributed by atoms with E-state index in [-0.39, 0.29) is 17.3 Å². The van der Waals surface area contributed by atoms with Crippen LogP contribution >= 0.6 is 0 Å². The third-order valence-electron chi connectivity index (χ3n) is 8.31. The standard InChI is InChI=1S/C31H40N2O3.C2H2/c1-31(2)12-7-8-27-24(31)18-23-14-20(16-26(34)30(23)36-27)9-10-21-15-25-29(28(17-21)35-6)22(19-33(25)5)11-13-32(3)4;1-2/h9-10,14-17,19,24,27,34H,7-8,11-13,18H2,1-6H3;1-2H/b10-9+;/t24-,27?;/m0./s1. The molecule has 0 bridgehead atoms. The van der Waals surface area contributed by atoms with Gasteiger partial charge in [-0.2, -0.15) is 0 Å². The van der Waals surface area contributed by atoms with Crippen LogP contribution in [0.4, 0.5) is 0 Å². The van der Waals surface area contributed by atoms with Gasteiger partial charge in [-0.1, -0.05) is 26.0 Å². The zero-order valence-corrected chi connectivity index (χ0v) is 23.8. The Morgan fingerprint density at radius 3 is 2.55 bits per heavy atom. The minimum Gasteiger partial charge on any atom is -0.504 e. The lowest BCUT2D eigenvalue weighted by atomic mass is 9.64. The van der Waals surface area contributed by atoms with Gasteiger partial charge in [0.15, 0.2) is 11.5 Å². The quantitative estimate of drug-likeness (QED) is 0.299. The second-order valence-electron chi connectivity index (χ2n) is 11.6. The van der Waals surface area contributed by atoms with Crippen molar-refractivity contribution in [2.24, 2.45) is 18.4 Å². The number of aromatic hydroxyl groups is 1. The molecule has 2 atom stereocenters. The number of phenolic OH excluding ortho intramolecular Hbond substituents is 1. The van der Waals surface area contributed by atoms with Gasteiger partial charge in [0.05, 0.1) is 12.6 Å². The molecule has 5 nitrogen and oxygen atoms in total. The fourth-order valence-corrected chi connectivity index (χ4v) is 6.24. The van der Waals surface area contributed by atoms with E-state index in [2.05, 4.69) is 93.9 Å². The second kappa shape index (κ2) is 11.2. The maximum atomic E-state index is 10.8. The smallest absolute Gasteiger partial charge is 0.164 e. The molecule has 5 heteroatoms.